The van der Waals surface area contributed by atoms with Crippen LogP contribution in [0, 0.1) is 0 Å². The first-order valence-electron chi connectivity index (χ1n) is 6.21. The minimum atomic E-state index is -0.376. The van der Waals surface area contributed by atoms with Gasteiger partial charge in [0.15, 0.2) is 0 Å². The lowest BCUT2D eigenvalue weighted by atomic mass is 10.1. The molecule has 0 amide bonds. The molecule has 0 radical (unpaired) electrons. The molecule has 0 aliphatic heterocycles. The van der Waals surface area contributed by atoms with Gasteiger partial charge in [0, 0.05) is 12.7 Å². The van der Waals surface area contributed by atoms with Gasteiger partial charge < -0.3 is 5.32 Å². The Kier molecular flexibility index (Phi) is 4.90. The Labute approximate surface area is 107 Å². The molecule has 96 valence electrons. The second-order valence-corrected chi connectivity index (χ2v) is 4.15. The first-order valence-corrected chi connectivity index (χ1v) is 6.21. The molecule has 0 saturated heterocycles. The van der Waals surface area contributed by atoms with Crippen molar-refractivity contribution >= 4 is 0 Å². The van der Waals surface area contributed by atoms with Crippen molar-refractivity contribution in [3.8, 4) is 0 Å². The molecule has 2 rings (SSSR count). The molecule has 0 saturated carbocycles. The minimum Gasteiger partial charge on any atom is -0.311 e. The number of aromatic nitrogens is 2. The monoisotopic (exact) mass is 247 g/mol. The maximum absolute atomic E-state index is 12.3. The van der Waals surface area contributed by atoms with E-state index in [1.54, 1.807) is 10.9 Å². The third kappa shape index (κ3) is 3.67. The number of benzene rings is 1. The molecule has 18 heavy (non-hydrogen) atoms. The second kappa shape index (κ2) is 6.91. The lowest BCUT2D eigenvalue weighted by Crippen LogP contribution is -2.19. The number of alkyl halides is 1. The number of aryl methyl sites for hydroxylation is 1. The molecule has 1 aromatic heterocycles. The molecule has 0 spiro atoms. The van der Waals surface area contributed by atoms with Gasteiger partial charge in [0.2, 0.25) is 0 Å². The normalized spacial score (nSPS) is 10.7. The quantitative estimate of drug-likeness (QED) is 0.760. The van der Waals surface area contributed by atoms with Crippen molar-refractivity contribution in [2.24, 2.45) is 0 Å². The van der Waals surface area contributed by atoms with Crippen LogP contribution in [0.2, 0.25) is 0 Å². The van der Waals surface area contributed by atoms with Crippen molar-refractivity contribution in [2.75, 3.05) is 13.2 Å². The number of halogens is 1. The van der Waals surface area contributed by atoms with Gasteiger partial charge in [-0.3, -0.25) is 4.68 Å². The summed E-state index contributed by atoms with van der Waals surface area (Å²) in [4.78, 5) is 0. The molecule has 1 aromatic carbocycles. The zero-order chi connectivity index (χ0) is 12.6. The smallest absolute Gasteiger partial charge is 0.109 e. The summed E-state index contributed by atoms with van der Waals surface area (Å²) in [5.74, 6) is 0. The van der Waals surface area contributed by atoms with Gasteiger partial charge >= 0.3 is 0 Å². The highest BCUT2D eigenvalue weighted by Gasteiger charge is 2.01. The molecule has 2 aromatic rings. The lowest BCUT2D eigenvalue weighted by Gasteiger charge is -2.07. The van der Waals surface area contributed by atoms with E-state index in [0.717, 1.165) is 25.2 Å². The lowest BCUT2D eigenvalue weighted by molar-refractivity contribution is 0.417. The van der Waals surface area contributed by atoms with E-state index in [2.05, 4.69) is 22.5 Å². The van der Waals surface area contributed by atoms with Crippen molar-refractivity contribution in [1.82, 2.24) is 15.1 Å². The zero-order valence-corrected chi connectivity index (χ0v) is 10.3. The van der Waals surface area contributed by atoms with E-state index in [1.807, 2.05) is 24.3 Å². The van der Waals surface area contributed by atoms with Crippen LogP contribution in [0.4, 0.5) is 4.39 Å². The minimum absolute atomic E-state index is 0.336. The summed E-state index contributed by atoms with van der Waals surface area (Å²) in [6.07, 6.45) is 2.71. The fourth-order valence-electron chi connectivity index (χ4n) is 1.89. The van der Waals surface area contributed by atoms with E-state index < -0.39 is 0 Å². The molecule has 1 N–H and O–H groups in total. The molecule has 0 bridgehead atoms. The van der Waals surface area contributed by atoms with Crippen molar-refractivity contribution in [2.45, 2.75) is 19.5 Å². The Morgan fingerprint density at radius 3 is 2.78 bits per heavy atom. The SMILES string of the molecule is FCCn1nccc1CNCCc1ccccc1. The first-order chi connectivity index (χ1) is 8.90. The van der Waals surface area contributed by atoms with Gasteiger partial charge in [-0.25, -0.2) is 4.39 Å². The van der Waals surface area contributed by atoms with Crippen LogP contribution >= 0.6 is 0 Å². The van der Waals surface area contributed by atoms with Gasteiger partial charge in [0.25, 0.3) is 0 Å². The van der Waals surface area contributed by atoms with E-state index in [0.29, 0.717) is 6.54 Å². The highest BCUT2D eigenvalue weighted by atomic mass is 19.1. The van der Waals surface area contributed by atoms with Gasteiger partial charge in [0.05, 0.1) is 12.2 Å². The average Bonchev–Trinajstić information content (AvgIpc) is 2.84. The summed E-state index contributed by atoms with van der Waals surface area (Å²) in [5, 5.41) is 7.43. The Morgan fingerprint density at radius 2 is 2.00 bits per heavy atom. The van der Waals surface area contributed by atoms with Crippen LogP contribution < -0.4 is 5.32 Å². The number of rotatable bonds is 7. The molecule has 0 unspecified atom stereocenters. The first kappa shape index (κ1) is 12.8. The van der Waals surface area contributed by atoms with E-state index >= 15 is 0 Å². The molecule has 1 heterocycles. The number of nitrogens with zero attached hydrogens (tertiary/aromatic N) is 2. The summed E-state index contributed by atoms with van der Waals surface area (Å²) < 4.78 is 14.0. The summed E-state index contributed by atoms with van der Waals surface area (Å²) >= 11 is 0. The van der Waals surface area contributed by atoms with Crippen LogP contribution in [0.3, 0.4) is 0 Å². The predicted molar refractivity (Wildman–Crippen MR) is 70.1 cm³/mol. The molecule has 0 aliphatic rings. The molecule has 4 heteroatoms. The fourth-order valence-corrected chi connectivity index (χ4v) is 1.89. The maximum Gasteiger partial charge on any atom is 0.109 e. The van der Waals surface area contributed by atoms with Crippen molar-refractivity contribution in [3.05, 3.63) is 53.9 Å². The molecule has 0 atom stereocenters. The van der Waals surface area contributed by atoms with E-state index in [1.165, 1.54) is 5.56 Å². The molecule has 3 nitrogen and oxygen atoms in total. The van der Waals surface area contributed by atoms with Gasteiger partial charge in [-0.05, 0) is 24.6 Å². The zero-order valence-electron chi connectivity index (χ0n) is 10.3. The van der Waals surface area contributed by atoms with E-state index in [4.69, 9.17) is 0 Å². The Morgan fingerprint density at radius 1 is 1.17 bits per heavy atom. The van der Waals surface area contributed by atoms with Crippen molar-refractivity contribution in [3.63, 3.8) is 0 Å². The summed E-state index contributed by atoms with van der Waals surface area (Å²) in [6, 6.07) is 12.3. The number of nitrogens with one attached hydrogen (secondary N) is 1. The van der Waals surface area contributed by atoms with E-state index in [-0.39, 0.29) is 6.67 Å². The Balaban J connectivity index is 1.73. The molecular formula is C14H18FN3. The standard InChI is InChI=1S/C14H18FN3/c15-8-11-18-14(7-10-17-18)12-16-9-6-13-4-2-1-3-5-13/h1-5,7,10,16H,6,8-9,11-12H2. The van der Waals surface area contributed by atoms with Gasteiger partial charge in [0.1, 0.15) is 6.67 Å². The average molecular weight is 247 g/mol. The van der Waals surface area contributed by atoms with Crippen LogP contribution in [-0.4, -0.2) is 23.0 Å². The summed E-state index contributed by atoms with van der Waals surface area (Å²) in [5.41, 5.74) is 2.35. The van der Waals surface area contributed by atoms with Crippen LogP contribution in [0.25, 0.3) is 0 Å². The van der Waals surface area contributed by atoms with Crippen LogP contribution in [0.1, 0.15) is 11.3 Å². The topological polar surface area (TPSA) is 29.9 Å². The number of hydrogen-bond donors (Lipinski definition) is 1. The third-order valence-electron chi connectivity index (χ3n) is 2.84. The van der Waals surface area contributed by atoms with Crippen molar-refractivity contribution in [1.29, 1.82) is 0 Å². The fraction of sp³-hybridized carbons (Fsp3) is 0.357. The maximum atomic E-state index is 12.3. The van der Waals surface area contributed by atoms with Gasteiger partial charge in [-0.15, -0.1) is 0 Å². The highest BCUT2D eigenvalue weighted by Crippen LogP contribution is 2.00. The molecular weight excluding hydrogens is 229 g/mol. The van der Waals surface area contributed by atoms with Crippen LogP contribution in [0.5, 0.6) is 0 Å². The van der Waals surface area contributed by atoms with Gasteiger partial charge in [-0.1, -0.05) is 30.3 Å². The number of hydrogen-bond acceptors (Lipinski definition) is 2. The molecule has 0 aliphatic carbocycles. The Bertz CT molecular complexity index is 453. The predicted octanol–water partition coefficient (Wildman–Crippen LogP) is 2.18. The summed E-state index contributed by atoms with van der Waals surface area (Å²) in [6.45, 7) is 1.60. The third-order valence-corrected chi connectivity index (χ3v) is 2.84. The highest BCUT2D eigenvalue weighted by molar-refractivity contribution is 5.14. The molecule has 0 fully saturated rings. The van der Waals surface area contributed by atoms with Crippen LogP contribution in [0.15, 0.2) is 42.6 Å². The van der Waals surface area contributed by atoms with E-state index in [9.17, 15) is 4.39 Å². The van der Waals surface area contributed by atoms with Crippen molar-refractivity contribution < 1.29 is 4.39 Å². The summed E-state index contributed by atoms with van der Waals surface area (Å²) in [7, 11) is 0. The van der Waals surface area contributed by atoms with Crippen LogP contribution in [-0.2, 0) is 19.5 Å². The van der Waals surface area contributed by atoms with Gasteiger partial charge in [-0.2, -0.15) is 5.10 Å². The Hall–Kier alpha value is -1.68. The second-order valence-electron chi connectivity index (χ2n) is 4.15. The largest absolute Gasteiger partial charge is 0.311 e.